The Hall–Kier alpha value is -5.15. The average Bonchev–Trinajstić information content (AvgIpc) is 3.74. The third-order valence-electron chi connectivity index (χ3n) is 12.2. The molecule has 3 aliphatic rings. The lowest BCUT2D eigenvalue weighted by molar-refractivity contribution is -0.138. The summed E-state index contributed by atoms with van der Waals surface area (Å²) in [5.41, 5.74) is -0.462. The Labute approximate surface area is 361 Å². The second-order valence-corrected chi connectivity index (χ2v) is 16.6. The van der Waals surface area contributed by atoms with Crippen molar-refractivity contribution in [3.63, 3.8) is 0 Å². The number of rotatable bonds is 20. The Morgan fingerprint density at radius 2 is 1.67 bits per heavy atom. The molecule has 4 aromatic rings. The highest BCUT2D eigenvalue weighted by Gasteiger charge is 2.40. The summed E-state index contributed by atoms with van der Waals surface area (Å²) in [6.07, 6.45) is 3.06. The van der Waals surface area contributed by atoms with E-state index in [1.165, 1.54) is 15.3 Å². The smallest absolute Gasteiger partial charge is 0.329 e. The molecule has 0 bridgehead atoms. The molecule has 1 unspecified atom stereocenters. The van der Waals surface area contributed by atoms with Crippen LogP contribution in [0.25, 0.3) is 22.1 Å². The molecule has 3 amide bonds. The lowest BCUT2D eigenvalue weighted by atomic mass is 9.99. The summed E-state index contributed by atoms with van der Waals surface area (Å²) < 4.78 is 54.3. The number of halogens is 2. The maximum absolute atomic E-state index is 13.8. The fourth-order valence-corrected chi connectivity index (χ4v) is 8.88. The van der Waals surface area contributed by atoms with Crippen LogP contribution in [0.2, 0.25) is 0 Å². The number of anilines is 1. The predicted octanol–water partition coefficient (Wildman–Crippen LogP) is 2.94. The van der Waals surface area contributed by atoms with Gasteiger partial charge in [0.1, 0.15) is 18.3 Å². The SMILES string of the molecule is Cn1c(=O)n(C2CCC(=O)NC2=O)c2cccc(CCCOCCOCCOCCOCC(=O)N3CCC(Nc4ncc5cc(C(F)F)c(=O)n([C@@H]6CCC[C@@]6(C)O)c5n4)CC3)c21. The zero-order valence-electron chi connectivity index (χ0n) is 35.7. The van der Waals surface area contributed by atoms with Gasteiger partial charge in [0.25, 0.3) is 12.0 Å². The van der Waals surface area contributed by atoms with Crippen LogP contribution in [-0.2, 0) is 46.8 Å². The molecule has 20 heteroatoms. The van der Waals surface area contributed by atoms with E-state index in [1.807, 2.05) is 18.2 Å². The number of aryl methyl sites for hydroxylation is 2. The number of amides is 3. The minimum atomic E-state index is -2.98. The summed E-state index contributed by atoms with van der Waals surface area (Å²) in [6.45, 7) is 5.09. The van der Waals surface area contributed by atoms with Gasteiger partial charge in [0.15, 0.2) is 0 Å². The molecule has 3 fully saturated rings. The van der Waals surface area contributed by atoms with Gasteiger partial charge in [-0.3, -0.25) is 38.2 Å². The molecule has 0 spiro atoms. The van der Waals surface area contributed by atoms with Crippen molar-refractivity contribution in [3.05, 3.63) is 62.4 Å². The van der Waals surface area contributed by atoms with Gasteiger partial charge in [-0.25, -0.2) is 18.6 Å². The van der Waals surface area contributed by atoms with Crippen LogP contribution in [-0.4, -0.2) is 129 Å². The minimum absolute atomic E-state index is 0.0648. The van der Waals surface area contributed by atoms with E-state index in [9.17, 15) is 37.9 Å². The maximum Gasteiger partial charge on any atom is 0.329 e. The Bertz CT molecular complexity index is 2390. The summed E-state index contributed by atoms with van der Waals surface area (Å²) in [5, 5.41) is 16.9. The third-order valence-corrected chi connectivity index (χ3v) is 12.2. The van der Waals surface area contributed by atoms with E-state index in [-0.39, 0.29) is 66.6 Å². The van der Waals surface area contributed by atoms with Gasteiger partial charge in [0, 0.05) is 50.8 Å². The first kappa shape index (κ1) is 45.9. The van der Waals surface area contributed by atoms with Crippen molar-refractivity contribution in [3.8, 4) is 0 Å². The standard InChI is InChI=1S/C43H56F2N8O10/c1-43(59)14-4-9-33(43)53-38-28(24-30(37(44)45)40(53)57)25-46-41(49-38)47-29-12-15-51(16-13-29)35(55)26-63-23-22-62-21-20-61-19-18-60-17-5-7-27-6-3-8-31-36(27)50(2)42(58)52(31)32-10-11-34(54)48-39(32)56/h3,6,8,24-25,29,32-33,37,59H,4-5,7,9-23,26H2,1-2H3,(H,46,47,49)(H,48,54,56)/t32?,33-,43-/m1/s1. The van der Waals surface area contributed by atoms with Crippen LogP contribution >= 0.6 is 0 Å². The number of likely N-dealkylation sites (tertiary alicyclic amines) is 1. The van der Waals surface area contributed by atoms with Crippen LogP contribution in [0.4, 0.5) is 14.7 Å². The highest BCUT2D eigenvalue weighted by molar-refractivity contribution is 6.00. The van der Waals surface area contributed by atoms with Crippen molar-refractivity contribution < 1.29 is 47.2 Å². The van der Waals surface area contributed by atoms with Gasteiger partial charge in [-0.15, -0.1) is 0 Å². The molecule has 63 heavy (non-hydrogen) atoms. The number of nitrogens with zero attached hydrogens (tertiary/aromatic N) is 6. The summed E-state index contributed by atoms with van der Waals surface area (Å²) in [4.78, 5) is 73.9. The Morgan fingerprint density at radius 1 is 0.968 bits per heavy atom. The number of ether oxygens (including phenoxy) is 4. The number of para-hydroxylation sites is 1. The van der Waals surface area contributed by atoms with Crippen LogP contribution < -0.4 is 21.9 Å². The van der Waals surface area contributed by atoms with E-state index in [1.54, 1.807) is 23.4 Å². The Morgan fingerprint density at radius 3 is 2.33 bits per heavy atom. The number of fused-ring (bicyclic) bond motifs is 2. The topological polar surface area (TPSA) is 210 Å². The van der Waals surface area contributed by atoms with Gasteiger partial charge < -0.3 is 34.3 Å². The molecule has 1 aromatic carbocycles. The van der Waals surface area contributed by atoms with Gasteiger partial charge in [-0.2, -0.15) is 4.98 Å². The number of hydrogen-bond acceptors (Lipinski definition) is 13. The lowest BCUT2D eigenvalue weighted by Gasteiger charge is -2.32. The van der Waals surface area contributed by atoms with Gasteiger partial charge in [-0.05, 0) is 76.0 Å². The normalized spacial score (nSPS) is 21.0. The quantitative estimate of drug-likeness (QED) is 0.0863. The first-order valence-electron chi connectivity index (χ1n) is 21.6. The molecular formula is C43H56F2N8O10. The fourth-order valence-electron chi connectivity index (χ4n) is 8.88. The van der Waals surface area contributed by atoms with Crippen molar-refractivity contribution in [1.82, 2.24) is 33.9 Å². The number of imide groups is 1. The van der Waals surface area contributed by atoms with Crippen LogP contribution in [0.5, 0.6) is 0 Å². The number of piperidine rings is 2. The first-order chi connectivity index (χ1) is 30.3. The maximum atomic E-state index is 13.8. The molecule has 18 nitrogen and oxygen atoms in total. The molecule has 3 atom stereocenters. The van der Waals surface area contributed by atoms with Crippen molar-refractivity contribution in [2.24, 2.45) is 7.05 Å². The zero-order valence-corrected chi connectivity index (χ0v) is 35.7. The third kappa shape index (κ3) is 10.6. The number of carbonyl (C=O) groups excluding carboxylic acids is 3. The second-order valence-electron chi connectivity index (χ2n) is 16.6. The Kier molecular flexibility index (Phi) is 15.0. The van der Waals surface area contributed by atoms with Crippen molar-refractivity contribution in [1.29, 1.82) is 0 Å². The number of pyridine rings is 1. The molecule has 5 heterocycles. The minimum Gasteiger partial charge on any atom is -0.388 e. The van der Waals surface area contributed by atoms with Crippen molar-refractivity contribution >= 4 is 45.7 Å². The summed E-state index contributed by atoms with van der Waals surface area (Å²) in [6, 6.07) is 5.28. The van der Waals surface area contributed by atoms with E-state index in [0.717, 1.165) is 23.6 Å². The first-order valence-corrected chi connectivity index (χ1v) is 21.6. The average molecular weight is 883 g/mol. The number of nitrogens with one attached hydrogen (secondary N) is 2. The van der Waals surface area contributed by atoms with Gasteiger partial charge >= 0.3 is 5.69 Å². The summed E-state index contributed by atoms with van der Waals surface area (Å²) >= 11 is 0. The van der Waals surface area contributed by atoms with Gasteiger partial charge in [0.2, 0.25) is 23.7 Å². The molecule has 1 aliphatic carbocycles. The van der Waals surface area contributed by atoms with Crippen molar-refractivity contribution in [2.75, 3.05) is 71.3 Å². The van der Waals surface area contributed by atoms with Crippen molar-refractivity contribution in [2.45, 2.75) is 94.9 Å². The van der Waals surface area contributed by atoms with E-state index in [4.69, 9.17) is 18.9 Å². The molecule has 1 saturated carbocycles. The van der Waals surface area contributed by atoms with E-state index in [2.05, 4.69) is 20.6 Å². The van der Waals surface area contributed by atoms with Crippen LogP contribution in [0.3, 0.4) is 0 Å². The molecule has 0 radical (unpaired) electrons. The van der Waals surface area contributed by atoms with Crippen LogP contribution in [0.1, 0.15) is 87.9 Å². The number of aliphatic hydroxyl groups is 1. The highest BCUT2D eigenvalue weighted by atomic mass is 19.3. The number of hydrogen-bond donors (Lipinski definition) is 3. The lowest BCUT2D eigenvalue weighted by Crippen LogP contribution is -2.44. The monoisotopic (exact) mass is 882 g/mol. The largest absolute Gasteiger partial charge is 0.388 e. The molecule has 2 saturated heterocycles. The van der Waals surface area contributed by atoms with Gasteiger partial charge in [0.05, 0.1) is 67.9 Å². The molecule has 3 aromatic heterocycles. The summed E-state index contributed by atoms with van der Waals surface area (Å²) in [7, 11) is 1.69. The number of aromatic nitrogens is 5. The number of imidazole rings is 1. The summed E-state index contributed by atoms with van der Waals surface area (Å²) in [5.74, 6) is -0.684. The predicted molar refractivity (Wildman–Crippen MR) is 226 cm³/mol. The molecule has 7 rings (SSSR count). The van der Waals surface area contributed by atoms with E-state index >= 15 is 0 Å². The van der Waals surface area contributed by atoms with Gasteiger partial charge in [-0.1, -0.05) is 12.1 Å². The van der Waals surface area contributed by atoms with E-state index in [0.29, 0.717) is 96.8 Å². The van der Waals surface area contributed by atoms with Crippen LogP contribution in [0.15, 0.2) is 40.1 Å². The molecule has 3 N–H and O–H groups in total. The Balaban J connectivity index is 0.738. The molecular weight excluding hydrogens is 827 g/mol. The number of carbonyl (C=O) groups is 3. The number of benzene rings is 1. The highest BCUT2D eigenvalue weighted by Crippen LogP contribution is 2.40. The second kappa shape index (κ2) is 20.6. The zero-order chi connectivity index (χ0) is 44.7. The fraction of sp³-hybridized carbons (Fsp3) is 0.605. The number of alkyl halides is 2. The van der Waals surface area contributed by atoms with Crippen LogP contribution in [0, 0.1) is 0 Å². The molecule has 2 aliphatic heterocycles. The molecule has 342 valence electrons. The van der Waals surface area contributed by atoms with E-state index < -0.39 is 41.1 Å².